The molecule has 2 rings (SSSR count). The van der Waals surface area contributed by atoms with Crippen LogP contribution in [0.5, 0.6) is 0 Å². The maximum absolute atomic E-state index is 12.4. The molecular formula is C15H23ClN2OS. The zero-order valence-electron chi connectivity index (χ0n) is 12.4. The maximum Gasteiger partial charge on any atom is 0.280 e. The van der Waals surface area contributed by atoms with Crippen LogP contribution < -0.4 is 23.0 Å². The Labute approximate surface area is 131 Å². The molecule has 1 unspecified atom stereocenters. The van der Waals surface area contributed by atoms with Crippen LogP contribution in [0.15, 0.2) is 30.3 Å². The number of rotatable bonds is 3. The highest BCUT2D eigenvalue weighted by molar-refractivity contribution is 8.01. The first-order valence-corrected chi connectivity index (χ1v) is 7.50. The summed E-state index contributed by atoms with van der Waals surface area (Å²) < 4.78 is -0.0374. The van der Waals surface area contributed by atoms with Gasteiger partial charge in [-0.2, -0.15) is 0 Å². The lowest BCUT2D eigenvalue weighted by molar-refractivity contribution is -0.710. The van der Waals surface area contributed by atoms with Gasteiger partial charge in [0.2, 0.25) is 0 Å². The van der Waals surface area contributed by atoms with Gasteiger partial charge in [-0.15, -0.1) is 0 Å². The zero-order valence-corrected chi connectivity index (χ0v) is 14.0. The normalized spacial score (nSPS) is 22.9. The molecule has 5 heteroatoms. The van der Waals surface area contributed by atoms with Crippen LogP contribution in [0.3, 0.4) is 0 Å². The molecule has 20 heavy (non-hydrogen) atoms. The summed E-state index contributed by atoms with van der Waals surface area (Å²) in [4.78, 5) is 12.4. The number of hydrogen-bond donors (Lipinski definition) is 2. The molecule has 0 spiro atoms. The Kier molecular flexibility index (Phi) is 5.53. The fourth-order valence-electron chi connectivity index (χ4n) is 2.66. The first-order chi connectivity index (χ1) is 8.80. The van der Waals surface area contributed by atoms with Gasteiger partial charge in [-0.25, -0.2) is 0 Å². The third kappa shape index (κ3) is 4.14. The minimum Gasteiger partial charge on any atom is -1.00 e. The largest absolute Gasteiger partial charge is 1.00 e. The number of halogens is 1. The Morgan fingerprint density at radius 2 is 1.85 bits per heavy atom. The van der Waals surface area contributed by atoms with Gasteiger partial charge >= 0.3 is 0 Å². The molecule has 1 aromatic rings. The highest BCUT2D eigenvalue weighted by Crippen LogP contribution is 2.39. The van der Waals surface area contributed by atoms with Crippen molar-refractivity contribution in [3.8, 4) is 0 Å². The number of nitrogens with two attached hydrogens (primary N) is 1. The van der Waals surface area contributed by atoms with Crippen LogP contribution in [0.25, 0.3) is 0 Å². The molecule has 0 bridgehead atoms. The van der Waals surface area contributed by atoms with Crippen molar-refractivity contribution < 1.29 is 22.5 Å². The Balaban J connectivity index is 0.00000200. The van der Waals surface area contributed by atoms with Crippen LogP contribution in [-0.2, 0) is 11.3 Å². The average Bonchev–Trinajstić information content (AvgIpc) is 2.56. The van der Waals surface area contributed by atoms with E-state index in [1.165, 1.54) is 0 Å². The quantitative estimate of drug-likeness (QED) is 0.713. The second-order valence-corrected chi connectivity index (χ2v) is 8.47. The first kappa shape index (κ1) is 17.3. The van der Waals surface area contributed by atoms with E-state index in [1.54, 1.807) is 0 Å². The molecule has 0 aliphatic carbocycles. The molecule has 1 aliphatic rings. The Morgan fingerprint density at radius 3 is 2.35 bits per heavy atom. The highest BCUT2D eigenvalue weighted by Gasteiger charge is 2.52. The molecule has 1 fully saturated rings. The standard InChI is InChI=1S/C15H22N2OS.ClH/c1-14(2)12(17-15(3,4)19-14)13(18)16-10-11-8-6-5-7-9-11;/h5-9,12,17H,10H2,1-4H3,(H,16,18);1H. The lowest BCUT2D eigenvalue weighted by atomic mass is 10.0. The van der Waals surface area contributed by atoms with Crippen LogP contribution >= 0.6 is 11.8 Å². The predicted molar refractivity (Wildman–Crippen MR) is 79.8 cm³/mol. The zero-order chi connectivity index (χ0) is 14.1. The number of hydrogen-bond acceptors (Lipinski definition) is 2. The van der Waals surface area contributed by atoms with Gasteiger partial charge in [0, 0.05) is 20.4 Å². The Hall–Kier alpha value is -0.710. The number of nitrogens with one attached hydrogen (secondary N) is 1. The molecule has 1 heterocycles. The molecule has 0 radical (unpaired) electrons. The summed E-state index contributed by atoms with van der Waals surface area (Å²) in [5, 5.41) is 5.23. The van der Waals surface area contributed by atoms with Crippen LogP contribution in [0.2, 0.25) is 0 Å². The van der Waals surface area contributed by atoms with E-state index < -0.39 is 0 Å². The highest BCUT2D eigenvalue weighted by atomic mass is 35.5. The van der Waals surface area contributed by atoms with Crippen LogP contribution in [0, 0.1) is 0 Å². The third-order valence-corrected chi connectivity index (χ3v) is 4.88. The smallest absolute Gasteiger partial charge is 0.280 e. The van der Waals surface area contributed by atoms with Crippen LogP contribution in [-0.4, -0.2) is 21.6 Å². The molecule has 112 valence electrons. The summed E-state index contributed by atoms with van der Waals surface area (Å²) in [6.07, 6.45) is 0. The van der Waals surface area contributed by atoms with E-state index in [0.29, 0.717) is 6.54 Å². The minimum absolute atomic E-state index is 0. The summed E-state index contributed by atoms with van der Waals surface area (Å²) in [5.41, 5.74) is 1.14. The van der Waals surface area contributed by atoms with E-state index in [1.807, 2.05) is 42.1 Å². The van der Waals surface area contributed by atoms with Gasteiger partial charge in [0.1, 0.15) is 4.87 Å². The van der Waals surface area contributed by atoms with Gasteiger partial charge in [0.15, 0.2) is 6.04 Å². The van der Waals surface area contributed by atoms with E-state index in [0.717, 1.165) is 5.56 Å². The predicted octanol–water partition coefficient (Wildman–Crippen LogP) is -1.50. The Bertz CT molecular complexity index is 462. The molecule has 3 N–H and O–H groups in total. The van der Waals surface area contributed by atoms with E-state index in [9.17, 15) is 4.79 Å². The maximum atomic E-state index is 12.4. The molecule has 1 atom stereocenters. The second kappa shape index (κ2) is 6.37. The van der Waals surface area contributed by atoms with Crippen LogP contribution in [0.1, 0.15) is 33.3 Å². The monoisotopic (exact) mass is 314 g/mol. The van der Waals surface area contributed by atoms with E-state index in [2.05, 4.69) is 38.3 Å². The average molecular weight is 315 g/mol. The topological polar surface area (TPSA) is 45.7 Å². The van der Waals surface area contributed by atoms with Crippen LogP contribution in [0.4, 0.5) is 0 Å². The first-order valence-electron chi connectivity index (χ1n) is 6.68. The van der Waals surface area contributed by atoms with Crippen molar-refractivity contribution in [2.24, 2.45) is 0 Å². The summed E-state index contributed by atoms with van der Waals surface area (Å²) in [5.74, 6) is 0.131. The molecule has 0 aromatic heterocycles. The number of carbonyl (C=O) groups is 1. The summed E-state index contributed by atoms with van der Waals surface area (Å²) in [6, 6.07) is 10.00. The lowest BCUT2D eigenvalue weighted by Crippen LogP contribution is -3.00. The van der Waals surface area contributed by atoms with Gasteiger partial charge in [-0.05, 0) is 19.4 Å². The number of benzene rings is 1. The van der Waals surface area contributed by atoms with Gasteiger partial charge < -0.3 is 23.0 Å². The van der Waals surface area contributed by atoms with Crippen molar-refractivity contribution in [2.45, 2.75) is 49.9 Å². The SMILES string of the molecule is CC1(C)[NH2+]C(C(=O)NCc2ccccc2)C(C)(C)S1.[Cl-]. The molecule has 3 nitrogen and oxygen atoms in total. The molecule has 1 saturated heterocycles. The lowest BCUT2D eigenvalue weighted by Gasteiger charge is -2.20. The van der Waals surface area contributed by atoms with Crippen molar-refractivity contribution in [1.29, 1.82) is 0 Å². The number of carbonyl (C=O) groups excluding carboxylic acids is 1. The number of quaternary nitrogens is 1. The molecule has 0 saturated carbocycles. The molecule has 1 aromatic carbocycles. The molecular weight excluding hydrogens is 292 g/mol. The van der Waals surface area contributed by atoms with Crippen molar-refractivity contribution in [3.05, 3.63) is 35.9 Å². The fourth-order valence-corrected chi connectivity index (χ4v) is 4.53. The minimum atomic E-state index is -0.0374. The van der Waals surface area contributed by atoms with E-state index >= 15 is 0 Å². The fraction of sp³-hybridized carbons (Fsp3) is 0.533. The number of amides is 1. The second-order valence-electron chi connectivity index (χ2n) is 6.16. The van der Waals surface area contributed by atoms with Crippen molar-refractivity contribution in [2.75, 3.05) is 0 Å². The van der Waals surface area contributed by atoms with E-state index in [4.69, 9.17) is 0 Å². The van der Waals surface area contributed by atoms with E-state index in [-0.39, 0.29) is 34.0 Å². The number of thioether (sulfide) groups is 1. The van der Waals surface area contributed by atoms with Crippen molar-refractivity contribution in [3.63, 3.8) is 0 Å². The van der Waals surface area contributed by atoms with Crippen molar-refractivity contribution in [1.82, 2.24) is 5.32 Å². The van der Waals surface area contributed by atoms with Gasteiger partial charge in [-0.1, -0.05) is 42.1 Å². The summed E-state index contributed by atoms with van der Waals surface area (Å²) in [7, 11) is 0. The molecule has 1 aliphatic heterocycles. The van der Waals surface area contributed by atoms with Gasteiger partial charge in [0.25, 0.3) is 5.91 Å². The third-order valence-electron chi connectivity index (χ3n) is 3.44. The van der Waals surface area contributed by atoms with Gasteiger partial charge in [-0.3, -0.25) is 4.79 Å². The van der Waals surface area contributed by atoms with Crippen molar-refractivity contribution >= 4 is 17.7 Å². The molecule has 1 amide bonds. The van der Waals surface area contributed by atoms with Gasteiger partial charge in [0.05, 0.1) is 4.75 Å². The summed E-state index contributed by atoms with van der Waals surface area (Å²) >= 11 is 1.87. The Morgan fingerprint density at radius 1 is 1.25 bits per heavy atom. The summed E-state index contributed by atoms with van der Waals surface area (Å²) in [6.45, 7) is 9.24.